The maximum Gasteiger partial charge on any atom is 0.356 e. The number of benzene rings is 1. The standard InChI is InChI=1S/C17H29NO3S.C13H8Cl2F2N2O3/c1-5-8-14(18-21-6-2)17-15(19)10-13(11-16(17)20)9-12(4)22-7-3;1-22-12-5(14)3-2-4(7(12)16)10-8(17)9(18)6(15)11(19-10)13(20)21/h12-13,19H,5-11H2,1-4H3;2-3H,1H3,(H2,18,19)(H,20,21)/b18-14+;. The summed E-state index contributed by atoms with van der Waals surface area (Å²) in [5.74, 6) is -2.48. The molecule has 2 unspecified atom stereocenters. The third kappa shape index (κ3) is 9.21. The van der Waals surface area contributed by atoms with Crippen molar-refractivity contribution in [2.24, 2.45) is 11.1 Å². The predicted molar refractivity (Wildman–Crippen MR) is 171 cm³/mol. The van der Waals surface area contributed by atoms with E-state index in [0.29, 0.717) is 42.4 Å². The normalized spacial score (nSPS) is 15.9. The molecule has 0 saturated heterocycles. The minimum absolute atomic E-state index is 0.00866. The number of Topliss-reactive ketones (excluding diaryl/α,β-unsaturated/α-hetero) is 1. The Balaban J connectivity index is 0.000000307. The molecule has 14 heteroatoms. The minimum atomic E-state index is -1.53. The number of nitrogens with zero attached hydrogens (tertiary/aromatic N) is 2. The number of aliphatic hydroxyl groups is 1. The summed E-state index contributed by atoms with van der Waals surface area (Å²) in [4.78, 5) is 32.2. The van der Waals surface area contributed by atoms with E-state index < -0.39 is 39.7 Å². The third-order valence-electron chi connectivity index (χ3n) is 6.54. The monoisotopic (exact) mass is 675 g/mol. The molecule has 0 spiro atoms. The summed E-state index contributed by atoms with van der Waals surface area (Å²) in [5, 5.41) is 23.3. The van der Waals surface area contributed by atoms with Crippen molar-refractivity contribution in [1.29, 1.82) is 0 Å². The van der Waals surface area contributed by atoms with Gasteiger partial charge in [0.15, 0.2) is 28.9 Å². The Morgan fingerprint density at radius 3 is 2.45 bits per heavy atom. The van der Waals surface area contributed by atoms with E-state index in [0.717, 1.165) is 24.7 Å². The molecule has 0 aliphatic heterocycles. The van der Waals surface area contributed by atoms with Crippen LogP contribution in [0.2, 0.25) is 10.0 Å². The average Bonchev–Trinajstić information content (AvgIpc) is 2.95. The van der Waals surface area contributed by atoms with Crippen molar-refractivity contribution in [1.82, 2.24) is 4.98 Å². The van der Waals surface area contributed by atoms with Gasteiger partial charge in [-0.05, 0) is 43.6 Å². The molecule has 4 N–H and O–H groups in total. The van der Waals surface area contributed by atoms with Gasteiger partial charge in [-0.25, -0.2) is 18.6 Å². The predicted octanol–water partition coefficient (Wildman–Crippen LogP) is 8.12. The fourth-order valence-corrected chi connectivity index (χ4v) is 6.08. The molecule has 2 aromatic rings. The number of halogens is 4. The number of nitrogens with two attached hydrogens (primary N) is 1. The first kappa shape index (κ1) is 37.1. The first-order chi connectivity index (χ1) is 20.8. The molecule has 0 fully saturated rings. The van der Waals surface area contributed by atoms with Crippen LogP contribution in [-0.4, -0.2) is 57.4 Å². The van der Waals surface area contributed by atoms with Crippen LogP contribution in [-0.2, 0) is 9.63 Å². The number of carbonyl (C=O) groups is 2. The highest BCUT2D eigenvalue weighted by Crippen LogP contribution is 2.38. The van der Waals surface area contributed by atoms with Gasteiger partial charge in [0, 0.05) is 23.7 Å². The average molecular weight is 677 g/mol. The van der Waals surface area contributed by atoms with Crippen LogP contribution < -0.4 is 10.5 Å². The Bertz CT molecular complexity index is 1420. The Labute approximate surface area is 269 Å². The lowest BCUT2D eigenvalue weighted by Crippen LogP contribution is -2.26. The molecule has 0 saturated carbocycles. The van der Waals surface area contributed by atoms with Gasteiger partial charge < -0.3 is 25.5 Å². The highest BCUT2D eigenvalue weighted by atomic mass is 35.5. The fraction of sp³-hybridized carbons (Fsp3) is 0.467. The number of ketones is 1. The van der Waals surface area contributed by atoms with Crippen LogP contribution in [0.3, 0.4) is 0 Å². The van der Waals surface area contributed by atoms with E-state index >= 15 is 0 Å². The number of ether oxygens (including phenoxy) is 1. The molecule has 1 heterocycles. The lowest BCUT2D eigenvalue weighted by molar-refractivity contribution is -0.116. The second-order valence-electron chi connectivity index (χ2n) is 9.82. The first-order valence-electron chi connectivity index (χ1n) is 14.0. The van der Waals surface area contributed by atoms with Crippen LogP contribution in [0, 0.1) is 17.6 Å². The van der Waals surface area contributed by atoms with Gasteiger partial charge in [-0.3, -0.25) is 4.79 Å². The number of hydrogen-bond acceptors (Lipinski definition) is 9. The Morgan fingerprint density at radius 2 is 1.91 bits per heavy atom. The van der Waals surface area contributed by atoms with E-state index in [1.807, 2.05) is 25.6 Å². The Morgan fingerprint density at radius 1 is 1.23 bits per heavy atom. The molecule has 1 aromatic carbocycles. The summed E-state index contributed by atoms with van der Waals surface area (Å²) in [7, 11) is 1.18. The van der Waals surface area contributed by atoms with Gasteiger partial charge in [-0.2, -0.15) is 11.8 Å². The number of methoxy groups -OCH3 is 1. The summed E-state index contributed by atoms with van der Waals surface area (Å²) in [6.45, 7) is 8.67. The summed E-state index contributed by atoms with van der Waals surface area (Å²) >= 11 is 13.3. The summed E-state index contributed by atoms with van der Waals surface area (Å²) in [6.07, 6.45) is 3.56. The van der Waals surface area contributed by atoms with Crippen molar-refractivity contribution in [2.45, 2.75) is 65.0 Å². The molecule has 242 valence electrons. The quantitative estimate of drug-likeness (QED) is 0.150. The molecule has 44 heavy (non-hydrogen) atoms. The van der Waals surface area contributed by atoms with Gasteiger partial charge in [0.1, 0.15) is 18.1 Å². The van der Waals surface area contributed by atoms with Gasteiger partial charge in [-0.15, -0.1) is 0 Å². The van der Waals surface area contributed by atoms with E-state index in [1.165, 1.54) is 13.2 Å². The summed E-state index contributed by atoms with van der Waals surface area (Å²) in [5.41, 5.74) is 4.13. The molecular formula is C30H37Cl2F2N3O6S. The van der Waals surface area contributed by atoms with E-state index in [1.54, 1.807) is 0 Å². The number of pyridine rings is 1. The van der Waals surface area contributed by atoms with Crippen molar-refractivity contribution >= 4 is 58.1 Å². The van der Waals surface area contributed by atoms with Crippen molar-refractivity contribution < 1.29 is 38.2 Å². The molecule has 0 bridgehead atoms. The number of carbonyl (C=O) groups excluding carboxylic acids is 1. The zero-order valence-corrected chi connectivity index (χ0v) is 27.5. The molecule has 0 amide bonds. The number of rotatable bonds is 12. The molecule has 3 rings (SSSR count). The number of thioether (sulfide) groups is 1. The topological polar surface area (TPSA) is 144 Å². The number of nitrogen functional groups attached to an aromatic ring is 1. The second kappa shape index (κ2) is 17.4. The van der Waals surface area contributed by atoms with Crippen LogP contribution >= 0.6 is 35.0 Å². The van der Waals surface area contributed by atoms with Gasteiger partial charge in [0.05, 0.1) is 34.1 Å². The van der Waals surface area contributed by atoms with Crippen LogP contribution in [0.25, 0.3) is 11.3 Å². The third-order valence-corrected chi connectivity index (χ3v) is 8.32. The van der Waals surface area contributed by atoms with E-state index in [4.69, 9.17) is 43.6 Å². The second-order valence-corrected chi connectivity index (χ2v) is 12.3. The molecule has 1 aliphatic carbocycles. The molecule has 0 radical (unpaired) electrons. The van der Waals surface area contributed by atoms with Crippen molar-refractivity contribution in [3.8, 4) is 17.0 Å². The van der Waals surface area contributed by atoms with Crippen molar-refractivity contribution in [3.05, 3.63) is 50.8 Å². The lowest BCUT2D eigenvalue weighted by atomic mass is 9.82. The largest absolute Gasteiger partial charge is 0.511 e. The van der Waals surface area contributed by atoms with Gasteiger partial charge in [0.2, 0.25) is 0 Å². The zero-order chi connectivity index (χ0) is 33.1. The number of aromatic nitrogens is 1. The number of allylic oxidation sites excluding steroid dienone is 2. The Hall–Kier alpha value is -3.09. The highest BCUT2D eigenvalue weighted by molar-refractivity contribution is 7.99. The zero-order valence-electron chi connectivity index (χ0n) is 25.2. The number of oxime groups is 1. The minimum Gasteiger partial charge on any atom is -0.511 e. The number of hydrogen-bond donors (Lipinski definition) is 3. The van der Waals surface area contributed by atoms with Gasteiger partial charge in [0.25, 0.3) is 0 Å². The summed E-state index contributed by atoms with van der Waals surface area (Å²) < 4.78 is 33.3. The highest BCUT2D eigenvalue weighted by Gasteiger charge is 2.31. The fourth-order valence-electron chi connectivity index (χ4n) is 4.67. The number of carboxylic acid groups (broad SMARTS) is 1. The van der Waals surface area contributed by atoms with Crippen LogP contribution in [0.1, 0.15) is 70.3 Å². The van der Waals surface area contributed by atoms with Crippen molar-refractivity contribution in [3.63, 3.8) is 0 Å². The molecule has 9 nitrogen and oxygen atoms in total. The van der Waals surface area contributed by atoms with E-state index in [2.05, 4.69) is 24.0 Å². The smallest absolute Gasteiger partial charge is 0.356 e. The molecule has 2 atom stereocenters. The number of anilines is 1. The van der Waals surface area contributed by atoms with Crippen LogP contribution in [0.4, 0.5) is 14.5 Å². The van der Waals surface area contributed by atoms with Crippen LogP contribution in [0.15, 0.2) is 28.6 Å². The molecular weight excluding hydrogens is 639 g/mol. The van der Waals surface area contributed by atoms with E-state index in [-0.39, 0.29) is 33.8 Å². The number of carboxylic acids is 1. The van der Waals surface area contributed by atoms with E-state index in [9.17, 15) is 23.5 Å². The SMILES string of the molecule is CCC/C(=N\OCC)C1=C(O)CC(CC(C)SCC)CC1=O.COc1c(Cl)ccc(-c2nc(C(=O)O)c(Cl)c(N)c2F)c1F. The first-order valence-corrected chi connectivity index (χ1v) is 15.8. The van der Waals surface area contributed by atoms with Crippen LogP contribution in [0.5, 0.6) is 5.75 Å². The molecule has 1 aliphatic rings. The Kier molecular flexibility index (Phi) is 14.7. The number of aromatic carboxylic acids is 1. The molecule has 1 aromatic heterocycles. The maximum absolute atomic E-state index is 14.3. The van der Waals surface area contributed by atoms with Gasteiger partial charge >= 0.3 is 5.97 Å². The summed E-state index contributed by atoms with van der Waals surface area (Å²) in [6, 6.07) is 2.38. The lowest BCUT2D eigenvalue weighted by Gasteiger charge is -2.25. The maximum atomic E-state index is 14.3. The number of aliphatic hydroxyl groups excluding tert-OH is 1. The van der Waals surface area contributed by atoms with Gasteiger partial charge in [-0.1, -0.05) is 55.5 Å². The van der Waals surface area contributed by atoms with Crippen molar-refractivity contribution in [2.75, 3.05) is 25.2 Å².